The molecule has 1 N–H and O–H groups in total. The quantitative estimate of drug-likeness (QED) is 0.324. The summed E-state index contributed by atoms with van der Waals surface area (Å²) < 4.78 is 42.4. The monoisotopic (exact) mass is 587 g/mol. The number of nitrogens with one attached hydrogen (secondary N) is 1. The molecule has 0 bridgehead atoms. The van der Waals surface area contributed by atoms with E-state index in [9.17, 15) is 22.4 Å². The molecule has 3 aromatic rings. The zero-order chi connectivity index (χ0) is 29.5. The second-order valence-electron chi connectivity index (χ2n) is 10.4. The summed E-state index contributed by atoms with van der Waals surface area (Å²) in [7, 11) is -4.26. The van der Waals surface area contributed by atoms with Gasteiger partial charge in [0, 0.05) is 12.1 Å². The molecule has 0 spiro atoms. The molecule has 0 saturated heterocycles. The van der Waals surface area contributed by atoms with Crippen molar-refractivity contribution in [3.63, 3.8) is 0 Å². The van der Waals surface area contributed by atoms with Crippen LogP contribution in [0.25, 0.3) is 0 Å². The van der Waals surface area contributed by atoms with E-state index in [1.807, 2.05) is 51.1 Å². The van der Waals surface area contributed by atoms with Crippen molar-refractivity contribution in [2.75, 3.05) is 17.4 Å². The van der Waals surface area contributed by atoms with Crippen LogP contribution in [0.1, 0.15) is 39.7 Å². The Morgan fingerprint density at radius 2 is 1.57 bits per heavy atom. The number of carbonyl (C=O) groups excluding carboxylic acids is 2. The molecule has 0 saturated carbocycles. The van der Waals surface area contributed by atoms with Crippen molar-refractivity contribution in [1.29, 1.82) is 0 Å². The third-order valence-corrected chi connectivity index (χ3v) is 8.25. The molecule has 7 nitrogen and oxygen atoms in total. The predicted octanol–water partition coefficient (Wildman–Crippen LogP) is 5.44. The van der Waals surface area contributed by atoms with Gasteiger partial charge in [-0.15, -0.1) is 0 Å². The standard InChI is InChI=1S/C30H35ClFN3O4S/c1-5-27(29(37)33-30(2,3)4)34(19-18-22-12-8-6-9-13-22)28(36)21-35(23-16-17-26(32)25(31)20-23)40(38,39)24-14-10-7-11-15-24/h6-17,20,27H,5,18-19,21H2,1-4H3,(H,33,37)/t27-/m1/s1. The van der Waals surface area contributed by atoms with Crippen LogP contribution < -0.4 is 9.62 Å². The fraction of sp³-hybridized carbons (Fsp3) is 0.333. The van der Waals surface area contributed by atoms with Crippen molar-refractivity contribution in [3.05, 3.63) is 95.3 Å². The lowest BCUT2D eigenvalue weighted by atomic mass is 10.1. The zero-order valence-corrected chi connectivity index (χ0v) is 24.7. The number of benzene rings is 3. The van der Waals surface area contributed by atoms with E-state index in [0.29, 0.717) is 12.8 Å². The van der Waals surface area contributed by atoms with Gasteiger partial charge in [-0.2, -0.15) is 0 Å². The fourth-order valence-electron chi connectivity index (χ4n) is 4.24. The van der Waals surface area contributed by atoms with Gasteiger partial charge in [0.1, 0.15) is 18.4 Å². The highest BCUT2D eigenvalue weighted by Gasteiger charge is 2.34. The Hall–Kier alpha value is -3.43. The topological polar surface area (TPSA) is 86.8 Å². The molecule has 3 rings (SSSR count). The molecule has 0 heterocycles. The number of halogens is 2. The van der Waals surface area contributed by atoms with E-state index in [-0.39, 0.29) is 28.1 Å². The Bertz CT molecular complexity index is 1410. The van der Waals surface area contributed by atoms with E-state index in [2.05, 4.69) is 5.32 Å². The number of carbonyl (C=O) groups is 2. The number of rotatable bonds is 11. The van der Waals surface area contributed by atoms with Gasteiger partial charge in [-0.25, -0.2) is 12.8 Å². The number of anilines is 1. The molecule has 0 aliphatic heterocycles. The fourth-order valence-corrected chi connectivity index (χ4v) is 5.84. The highest BCUT2D eigenvalue weighted by Crippen LogP contribution is 2.28. The number of nitrogens with zero attached hydrogens (tertiary/aromatic N) is 2. The van der Waals surface area contributed by atoms with Gasteiger partial charge in [-0.05, 0) is 69.5 Å². The number of sulfonamides is 1. The second kappa shape index (κ2) is 13.3. The van der Waals surface area contributed by atoms with Crippen LogP contribution in [0.15, 0.2) is 83.8 Å². The van der Waals surface area contributed by atoms with Crippen molar-refractivity contribution in [1.82, 2.24) is 10.2 Å². The SMILES string of the molecule is CC[C@H](C(=O)NC(C)(C)C)N(CCc1ccccc1)C(=O)CN(c1ccc(F)c(Cl)c1)S(=O)(=O)c1ccccc1. The first kappa shape index (κ1) is 31.1. The first-order valence-corrected chi connectivity index (χ1v) is 14.8. The maximum Gasteiger partial charge on any atom is 0.264 e. The Balaban J connectivity index is 2.03. The molecule has 0 unspecified atom stereocenters. The van der Waals surface area contributed by atoms with Crippen molar-refractivity contribution >= 4 is 39.1 Å². The first-order valence-electron chi connectivity index (χ1n) is 13.0. The number of hydrogen-bond donors (Lipinski definition) is 1. The van der Waals surface area contributed by atoms with E-state index in [4.69, 9.17) is 11.6 Å². The lowest BCUT2D eigenvalue weighted by Crippen LogP contribution is -2.56. The predicted molar refractivity (Wildman–Crippen MR) is 156 cm³/mol. The number of hydrogen-bond acceptors (Lipinski definition) is 4. The molecule has 2 amide bonds. The van der Waals surface area contributed by atoms with Crippen LogP contribution in [-0.2, 0) is 26.0 Å². The van der Waals surface area contributed by atoms with E-state index < -0.39 is 39.9 Å². The Morgan fingerprint density at radius 1 is 0.975 bits per heavy atom. The average Bonchev–Trinajstić information content (AvgIpc) is 2.91. The summed E-state index contributed by atoms with van der Waals surface area (Å²) in [6.45, 7) is 6.91. The van der Waals surface area contributed by atoms with Gasteiger partial charge in [0.25, 0.3) is 10.0 Å². The molecule has 40 heavy (non-hydrogen) atoms. The molecule has 214 valence electrons. The van der Waals surface area contributed by atoms with E-state index in [1.165, 1.54) is 29.2 Å². The minimum Gasteiger partial charge on any atom is -0.350 e. The van der Waals surface area contributed by atoms with Crippen molar-refractivity contribution < 1.29 is 22.4 Å². The van der Waals surface area contributed by atoms with Gasteiger partial charge in [0.05, 0.1) is 15.6 Å². The summed E-state index contributed by atoms with van der Waals surface area (Å²) >= 11 is 6.00. The van der Waals surface area contributed by atoms with E-state index in [0.717, 1.165) is 15.9 Å². The Morgan fingerprint density at radius 3 is 2.12 bits per heavy atom. The zero-order valence-electron chi connectivity index (χ0n) is 23.1. The van der Waals surface area contributed by atoms with Gasteiger partial charge in [0.15, 0.2) is 0 Å². The Kier molecular flexibility index (Phi) is 10.3. The second-order valence-corrected chi connectivity index (χ2v) is 12.7. The van der Waals surface area contributed by atoms with Gasteiger partial charge >= 0.3 is 0 Å². The normalized spacial score (nSPS) is 12.4. The summed E-state index contributed by atoms with van der Waals surface area (Å²) in [5, 5.41) is 2.65. The summed E-state index contributed by atoms with van der Waals surface area (Å²) in [5.74, 6) is -1.63. The molecule has 0 aliphatic rings. The third kappa shape index (κ3) is 8.05. The smallest absolute Gasteiger partial charge is 0.264 e. The van der Waals surface area contributed by atoms with E-state index in [1.54, 1.807) is 25.1 Å². The molecule has 0 radical (unpaired) electrons. The van der Waals surface area contributed by atoms with Gasteiger partial charge < -0.3 is 10.2 Å². The largest absolute Gasteiger partial charge is 0.350 e. The summed E-state index contributed by atoms with van der Waals surface area (Å²) in [5.41, 5.74) is 0.455. The molecule has 0 aliphatic carbocycles. The van der Waals surface area contributed by atoms with Gasteiger partial charge in [-0.1, -0.05) is 67.1 Å². The molecule has 10 heteroatoms. The van der Waals surface area contributed by atoms with Crippen molar-refractivity contribution in [3.8, 4) is 0 Å². The molecular formula is C30H35ClFN3O4S. The summed E-state index contributed by atoms with van der Waals surface area (Å²) in [6.07, 6.45) is 0.774. The summed E-state index contributed by atoms with van der Waals surface area (Å²) in [4.78, 5) is 28.7. The minimum atomic E-state index is -4.26. The van der Waals surface area contributed by atoms with Crippen LogP contribution in [0.3, 0.4) is 0 Å². The lowest BCUT2D eigenvalue weighted by Gasteiger charge is -2.34. The lowest BCUT2D eigenvalue weighted by molar-refractivity contribution is -0.140. The van der Waals surface area contributed by atoms with Crippen molar-refractivity contribution in [2.24, 2.45) is 0 Å². The van der Waals surface area contributed by atoms with Crippen LogP contribution in [-0.4, -0.2) is 49.8 Å². The van der Waals surface area contributed by atoms with E-state index >= 15 is 0 Å². The maximum atomic E-state index is 14.0. The molecule has 0 aromatic heterocycles. The van der Waals surface area contributed by atoms with Crippen LogP contribution in [0.5, 0.6) is 0 Å². The highest BCUT2D eigenvalue weighted by atomic mass is 35.5. The van der Waals surface area contributed by atoms with Crippen LogP contribution in [0.4, 0.5) is 10.1 Å². The molecular weight excluding hydrogens is 553 g/mol. The van der Waals surface area contributed by atoms with Crippen LogP contribution >= 0.6 is 11.6 Å². The molecule has 1 atom stereocenters. The Labute approximate surface area is 241 Å². The van der Waals surface area contributed by atoms with Gasteiger partial charge in [-0.3, -0.25) is 13.9 Å². The highest BCUT2D eigenvalue weighted by molar-refractivity contribution is 7.92. The minimum absolute atomic E-state index is 0.0267. The summed E-state index contributed by atoms with van der Waals surface area (Å²) in [6, 6.07) is 19.8. The third-order valence-electron chi connectivity index (χ3n) is 6.17. The maximum absolute atomic E-state index is 14.0. The van der Waals surface area contributed by atoms with Crippen LogP contribution in [0.2, 0.25) is 5.02 Å². The number of amides is 2. The molecule has 3 aromatic carbocycles. The van der Waals surface area contributed by atoms with Gasteiger partial charge in [0.2, 0.25) is 11.8 Å². The van der Waals surface area contributed by atoms with Crippen molar-refractivity contribution in [2.45, 2.75) is 57.0 Å². The first-order chi connectivity index (χ1) is 18.8. The average molecular weight is 588 g/mol. The van der Waals surface area contributed by atoms with Crippen LogP contribution in [0, 0.1) is 5.82 Å². The molecule has 0 fully saturated rings.